The maximum Gasteiger partial charge on any atom is 0.227 e. The molecule has 0 spiro atoms. The summed E-state index contributed by atoms with van der Waals surface area (Å²) in [5.41, 5.74) is 7.17. The fraction of sp³-hybridized carbons (Fsp3) is 0.571. The van der Waals surface area contributed by atoms with Gasteiger partial charge in [-0.1, -0.05) is 18.3 Å². The molecule has 1 aromatic heterocycles. The Hall–Kier alpha value is -1.01. The quantitative estimate of drug-likeness (QED) is 0.746. The van der Waals surface area contributed by atoms with Crippen molar-refractivity contribution in [3.05, 3.63) is 5.51 Å². The first-order valence-corrected chi connectivity index (χ1v) is 4.92. The molecule has 0 aliphatic rings. The maximum atomic E-state index is 11.2. The van der Waals surface area contributed by atoms with Gasteiger partial charge in [0.1, 0.15) is 5.51 Å². The number of carbonyl (C=O) groups is 1. The van der Waals surface area contributed by atoms with Crippen molar-refractivity contribution in [1.29, 1.82) is 0 Å². The fourth-order valence-corrected chi connectivity index (χ4v) is 1.24. The molecule has 13 heavy (non-hydrogen) atoms. The second kappa shape index (κ2) is 4.88. The van der Waals surface area contributed by atoms with Crippen LogP contribution in [0.25, 0.3) is 0 Å². The van der Waals surface area contributed by atoms with Gasteiger partial charge in [0.25, 0.3) is 0 Å². The van der Waals surface area contributed by atoms with Crippen molar-refractivity contribution in [3.63, 3.8) is 0 Å². The van der Waals surface area contributed by atoms with Crippen LogP contribution in [0.3, 0.4) is 0 Å². The van der Waals surface area contributed by atoms with Gasteiger partial charge in [0.05, 0.1) is 0 Å². The van der Waals surface area contributed by atoms with Gasteiger partial charge in [-0.25, -0.2) is 0 Å². The summed E-state index contributed by atoms with van der Waals surface area (Å²) in [6.45, 7) is 1.95. The first kappa shape index (κ1) is 10.1. The molecule has 1 amide bonds. The van der Waals surface area contributed by atoms with E-state index < -0.39 is 0 Å². The van der Waals surface area contributed by atoms with E-state index in [1.807, 2.05) is 6.92 Å². The minimum absolute atomic E-state index is 0.0760. The van der Waals surface area contributed by atoms with Crippen LogP contribution < -0.4 is 11.1 Å². The average molecular weight is 200 g/mol. The number of nitrogens with zero attached hydrogens (tertiary/aromatic N) is 2. The molecular formula is C7H12N4OS. The third kappa shape index (κ3) is 3.47. The Kier molecular flexibility index (Phi) is 3.78. The largest absolute Gasteiger partial charge is 0.327 e. The van der Waals surface area contributed by atoms with E-state index in [1.165, 1.54) is 11.3 Å². The number of nitrogens with two attached hydrogens (primary N) is 1. The van der Waals surface area contributed by atoms with Crippen LogP contribution in [0.15, 0.2) is 5.51 Å². The molecule has 0 bridgehead atoms. The van der Waals surface area contributed by atoms with E-state index in [2.05, 4.69) is 15.5 Å². The lowest BCUT2D eigenvalue weighted by Gasteiger charge is -2.06. The van der Waals surface area contributed by atoms with Crippen molar-refractivity contribution < 1.29 is 4.79 Å². The molecule has 0 aromatic carbocycles. The summed E-state index contributed by atoms with van der Waals surface area (Å²) in [5.74, 6) is -0.105. The molecule has 0 aliphatic heterocycles. The predicted octanol–water partition coefficient (Wildman–Crippen LogP) is 0.604. The lowest BCUT2D eigenvalue weighted by molar-refractivity contribution is -0.116. The normalized spacial score (nSPS) is 12.5. The van der Waals surface area contributed by atoms with Crippen molar-refractivity contribution in [3.8, 4) is 0 Å². The van der Waals surface area contributed by atoms with Gasteiger partial charge in [-0.05, 0) is 6.42 Å². The van der Waals surface area contributed by atoms with Gasteiger partial charge in [0.15, 0.2) is 0 Å². The predicted molar refractivity (Wildman–Crippen MR) is 51.4 cm³/mol. The van der Waals surface area contributed by atoms with Crippen molar-refractivity contribution >= 4 is 22.4 Å². The zero-order chi connectivity index (χ0) is 9.68. The van der Waals surface area contributed by atoms with Gasteiger partial charge in [0, 0.05) is 12.5 Å². The highest BCUT2D eigenvalue weighted by atomic mass is 32.1. The Labute approximate surface area is 80.4 Å². The molecule has 5 nitrogen and oxygen atoms in total. The molecule has 0 radical (unpaired) electrons. The van der Waals surface area contributed by atoms with Crippen LogP contribution in [0.4, 0.5) is 5.13 Å². The van der Waals surface area contributed by atoms with Gasteiger partial charge in [-0.2, -0.15) is 0 Å². The lowest BCUT2D eigenvalue weighted by Crippen LogP contribution is -2.26. The molecule has 1 heterocycles. The third-order valence-electron chi connectivity index (χ3n) is 1.58. The molecule has 0 fully saturated rings. The van der Waals surface area contributed by atoms with E-state index in [1.54, 1.807) is 5.51 Å². The van der Waals surface area contributed by atoms with Gasteiger partial charge < -0.3 is 11.1 Å². The highest BCUT2D eigenvalue weighted by Gasteiger charge is 2.08. The highest BCUT2D eigenvalue weighted by molar-refractivity contribution is 7.13. The van der Waals surface area contributed by atoms with Crippen LogP contribution in [0.2, 0.25) is 0 Å². The fourth-order valence-electron chi connectivity index (χ4n) is 0.780. The Morgan fingerprint density at radius 1 is 1.85 bits per heavy atom. The van der Waals surface area contributed by atoms with E-state index in [9.17, 15) is 4.79 Å². The summed E-state index contributed by atoms with van der Waals surface area (Å²) in [6, 6.07) is -0.0760. The van der Waals surface area contributed by atoms with Crippen LogP contribution in [-0.2, 0) is 4.79 Å². The van der Waals surface area contributed by atoms with Crippen LogP contribution in [0.1, 0.15) is 19.8 Å². The molecule has 6 heteroatoms. The molecule has 1 unspecified atom stereocenters. The zero-order valence-corrected chi connectivity index (χ0v) is 8.17. The van der Waals surface area contributed by atoms with Gasteiger partial charge >= 0.3 is 0 Å². The smallest absolute Gasteiger partial charge is 0.227 e. The summed E-state index contributed by atoms with van der Waals surface area (Å²) < 4.78 is 0. The summed E-state index contributed by atoms with van der Waals surface area (Å²) in [7, 11) is 0. The van der Waals surface area contributed by atoms with Crippen LogP contribution >= 0.6 is 11.3 Å². The van der Waals surface area contributed by atoms with E-state index >= 15 is 0 Å². The molecule has 1 atom stereocenters. The summed E-state index contributed by atoms with van der Waals surface area (Å²) >= 11 is 1.29. The van der Waals surface area contributed by atoms with E-state index in [4.69, 9.17) is 5.73 Å². The topological polar surface area (TPSA) is 80.9 Å². The first-order valence-electron chi connectivity index (χ1n) is 4.04. The number of hydrogen-bond donors (Lipinski definition) is 2. The minimum Gasteiger partial charge on any atom is -0.327 e. The second-order valence-corrected chi connectivity index (χ2v) is 3.50. The molecule has 72 valence electrons. The van der Waals surface area contributed by atoms with Crippen molar-refractivity contribution in [2.75, 3.05) is 5.32 Å². The van der Waals surface area contributed by atoms with Crippen LogP contribution in [0.5, 0.6) is 0 Å². The van der Waals surface area contributed by atoms with Gasteiger partial charge in [0.2, 0.25) is 11.0 Å². The molecular weight excluding hydrogens is 188 g/mol. The van der Waals surface area contributed by atoms with Gasteiger partial charge in [-0.15, -0.1) is 10.2 Å². The van der Waals surface area contributed by atoms with Crippen LogP contribution in [-0.4, -0.2) is 22.1 Å². The number of hydrogen-bond acceptors (Lipinski definition) is 5. The van der Waals surface area contributed by atoms with E-state index in [0.29, 0.717) is 11.6 Å². The van der Waals surface area contributed by atoms with Gasteiger partial charge in [-0.3, -0.25) is 4.79 Å². The second-order valence-electron chi connectivity index (χ2n) is 2.66. The number of carbonyl (C=O) groups excluding carboxylic acids is 1. The highest BCUT2D eigenvalue weighted by Crippen LogP contribution is 2.08. The molecule has 0 saturated carbocycles. The molecule has 0 aliphatic carbocycles. The number of nitrogens with one attached hydrogen (secondary N) is 1. The molecule has 1 aromatic rings. The average Bonchev–Trinajstić information content (AvgIpc) is 2.56. The van der Waals surface area contributed by atoms with Crippen molar-refractivity contribution in [2.24, 2.45) is 5.73 Å². The van der Waals surface area contributed by atoms with Crippen LogP contribution in [0, 0.1) is 0 Å². The maximum absolute atomic E-state index is 11.2. The summed E-state index contributed by atoms with van der Waals surface area (Å²) in [6.07, 6.45) is 1.12. The Bertz CT molecular complexity index is 261. The van der Waals surface area contributed by atoms with Crippen molar-refractivity contribution in [1.82, 2.24) is 10.2 Å². The molecule has 0 saturated heterocycles. The monoisotopic (exact) mass is 200 g/mol. The third-order valence-corrected chi connectivity index (χ3v) is 2.19. The Balaban J connectivity index is 2.34. The molecule has 3 N–H and O–H groups in total. The summed E-state index contributed by atoms with van der Waals surface area (Å²) in [4.78, 5) is 11.2. The Morgan fingerprint density at radius 3 is 3.15 bits per heavy atom. The lowest BCUT2D eigenvalue weighted by atomic mass is 10.2. The zero-order valence-electron chi connectivity index (χ0n) is 7.36. The Morgan fingerprint density at radius 2 is 2.62 bits per heavy atom. The number of anilines is 1. The first-order chi connectivity index (χ1) is 6.22. The standard InChI is InChI=1S/C7H12N4OS/c1-2-5(8)3-6(12)10-7-11-9-4-13-7/h4-5H,2-3,8H2,1H3,(H,10,11,12). The van der Waals surface area contributed by atoms with Crippen molar-refractivity contribution in [2.45, 2.75) is 25.8 Å². The van der Waals surface area contributed by atoms with E-state index in [0.717, 1.165) is 6.42 Å². The van der Waals surface area contributed by atoms with E-state index in [-0.39, 0.29) is 11.9 Å². The SMILES string of the molecule is CCC(N)CC(=O)Nc1nncs1. The summed E-state index contributed by atoms with van der Waals surface area (Å²) in [5, 5.41) is 10.4. The number of amides is 1. The number of aromatic nitrogens is 2. The number of rotatable bonds is 4. The molecule has 1 rings (SSSR count). The minimum atomic E-state index is -0.105.